The predicted octanol–water partition coefficient (Wildman–Crippen LogP) is 10.2. The molecule has 0 saturated carbocycles. The molecule has 0 bridgehead atoms. The van der Waals surface area contributed by atoms with Gasteiger partial charge < -0.3 is 5.11 Å². The van der Waals surface area contributed by atoms with Crippen LogP contribution in [0.15, 0.2) is 87.8 Å². The molecule has 0 spiro atoms. The number of fused-ring (bicyclic) bond motifs is 3. The summed E-state index contributed by atoms with van der Waals surface area (Å²) in [6, 6.07) is 27.5. The van der Waals surface area contributed by atoms with Crippen LogP contribution in [-0.4, -0.2) is 24.3 Å². The van der Waals surface area contributed by atoms with Crippen molar-refractivity contribution >= 4 is 42.0 Å². The molecule has 4 aromatic carbocycles. The molecule has 4 nitrogen and oxygen atoms in total. The van der Waals surface area contributed by atoms with Crippen LogP contribution in [0.1, 0.15) is 70.7 Å². The highest BCUT2D eigenvalue weighted by molar-refractivity contribution is 9.10. The molecule has 0 saturated heterocycles. The molecule has 0 radical (unpaired) electrons. The van der Waals surface area contributed by atoms with E-state index in [9.17, 15) is 13.5 Å². The van der Waals surface area contributed by atoms with Crippen LogP contribution in [0, 0.1) is 13.8 Å². The van der Waals surface area contributed by atoms with E-state index in [2.05, 4.69) is 114 Å². The molecule has 42 heavy (non-hydrogen) atoms. The van der Waals surface area contributed by atoms with E-state index < -0.39 is 15.7 Å². The Bertz CT molecular complexity index is 1650. The Kier molecular flexibility index (Phi) is 11.8. The van der Waals surface area contributed by atoms with Crippen LogP contribution in [0.3, 0.4) is 0 Å². The summed E-state index contributed by atoms with van der Waals surface area (Å²) < 4.78 is 34.3. The van der Waals surface area contributed by atoms with E-state index in [1.807, 2.05) is 38.1 Å². The minimum absolute atomic E-state index is 0.112. The third-order valence-electron chi connectivity index (χ3n) is 6.91. The van der Waals surface area contributed by atoms with E-state index >= 15 is 0 Å². The van der Waals surface area contributed by atoms with Gasteiger partial charge in [-0.25, -0.2) is 0 Å². The summed E-state index contributed by atoms with van der Waals surface area (Å²) in [5.41, 5.74) is 10.7. The van der Waals surface area contributed by atoms with Crippen LogP contribution in [0.4, 0.5) is 0 Å². The molecule has 226 valence electrons. The van der Waals surface area contributed by atoms with Crippen LogP contribution in [-0.2, 0) is 21.1 Å². The first kappa shape index (κ1) is 34.2. The quantitative estimate of drug-likeness (QED) is 0.202. The fourth-order valence-corrected chi connectivity index (χ4v) is 6.21. The average molecular weight is 720 g/mol. The third kappa shape index (κ3) is 9.10. The highest BCUT2D eigenvalue weighted by atomic mass is 79.9. The first-order valence-electron chi connectivity index (χ1n) is 14.2. The maximum Gasteiger partial charge on any atom is 0.261 e. The zero-order valence-corrected chi connectivity index (χ0v) is 29.6. The van der Waals surface area contributed by atoms with Gasteiger partial charge >= 0.3 is 0 Å². The molecule has 1 aliphatic rings. The van der Waals surface area contributed by atoms with Gasteiger partial charge in [0, 0.05) is 15.7 Å². The molecule has 0 amide bonds. The minimum Gasteiger partial charge on any atom is -0.386 e. The number of hydrogen-bond donors (Lipinski definition) is 2. The number of hydrogen-bond acceptors (Lipinski definition) is 3. The standard InChI is InChI=1S/C16H17BrO.C16H15Br.C2H6.CH4O3S/c1-11-10-12(17)8-9-13(11)14-6-4-5-7-15(14)16(2,3)18;1-10-8-11(17)9-14-15(10)12-6-4-5-7-13(12)16(14,2)3;1-2;1-5(2,3)4/h4-10,18H,1-3H3;4-9H,1-3H3;1-2H3;1H3,(H,2,3,4)/i;;1D;. The number of rotatable bonds is 2. The maximum absolute atomic E-state index is 10.3. The summed E-state index contributed by atoms with van der Waals surface area (Å²) in [4.78, 5) is 0. The topological polar surface area (TPSA) is 74.6 Å². The lowest BCUT2D eigenvalue weighted by atomic mass is 9.82. The number of aryl methyl sites for hydroxylation is 2. The SMILES string of the molecule is CS(=O)(=O)O.Cc1cc(Br)cc2c1-c1ccccc1C2(C)C.Cc1cc(Br)ccc1-c1ccccc1C(C)(C)O.[2H]CC. The van der Waals surface area contributed by atoms with Gasteiger partial charge in [0.15, 0.2) is 0 Å². The van der Waals surface area contributed by atoms with Gasteiger partial charge in [0.2, 0.25) is 0 Å². The van der Waals surface area contributed by atoms with Crippen molar-refractivity contribution in [3.05, 3.63) is 116 Å². The van der Waals surface area contributed by atoms with E-state index in [4.69, 9.17) is 5.92 Å². The second-order valence-corrected chi connectivity index (χ2v) is 14.4. The first-order chi connectivity index (χ1) is 19.8. The number of aliphatic hydroxyl groups is 1. The summed E-state index contributed by atoms with van der Waals surface area (Å²) in [6.45, 7) is 14.8. The Morgan fingerprint density at radius 3 is 1.83 bits per heavy atom. The molecule has 0 unspecified atom stereocenters. The molecule has 0 atom stereocenters. The lowest BCUT2D eigenvalue weighted by Gasteiger charge is -2.22. The van der Waals surface area contributed by atoms with Crippen LogP contribution >= 0.6 is 31.9 Å². The smallest absolute Gasteiger partial charge is 0.261 e. The molecular formula is C35H42Br2O4S. The van der Waals surface area contributed by atoms with Gasteiger partial charge in [0.1, 0.15) is 0 Å². The Labute approximate surface area is 270 Å². The normalized spacial score (nSPS) is 13.1. The Morgan fingerprint density at radius 1 is 0.786 bits per heavy atom. The minimum atomic E-state index is -3.67. The fourth-order valence-electron chi connectivity index (χ4n) is 5.17. The van der Waals surface area contributed by atoms with Crippen LogP contribution in [0.2, 0.25) is 0 Å². The van der Waals surface area contributed by atoms with Gasteiger partial charge in [-0.3, -0.25) is 4.55 Å². The fraction of sp³-hybridized carbons (Fsp3) is 0.314. The largest absolute Gasteiger partial charge is 0.386 e. The zero-order chi connectivity index (χ0) is 32.8. The molecule has 4 aromatic rings. The summed E-state index contributed by atoms with van der Waals surface area (Å²) in [7, 11) is -3.67. The summed E-state index contributed by atoms with van der Waals surface area (Å²) in [6.07, 6.45) is 0.715. The Balaban J connectivity index is 0.000000241. The van der Waals surface area contributed by atoms with Gasteiger partial charge in [-0.15, -0.1) is 0 Å². The first-order valence-corrected chi connectivity index (χ1v) is 17.0. The number of halogens is 2. The van der Waals surface area contributed by atoms with Gasteiger partial charge in [-0.1, -0.05) is 114 Å². The molecule has 1 aliphatic carbocycles. The van der Waals surface area contributed by atoms with E-state index in [-0.39, 0.29) is 5.41 Å². The number of benzene rings is 4. The summed E-state index contributed by atoms with van der Waals surface area (Å²) >= 11 is 7.09. The molecule has 0 aromatic heterocycles. The van der Waals surface area contributed by atoms with Crippen molar-refractivity contribution in [3.8, 4) is 22.3 Å². The lowest BCUT2D eigenvalue weighted by molar-refractivity contribution is 0.0792. The van der Waals surface area contributed by atoms with Crippen molar-refractivity contribution in [2.24, 2.45) is 0 Å². The summed E-state index contributed by atoms with van der Waals surface area (Å²) in [5, 5.41) is 10.3. The van der Waals surface area contributed by atoms with Crippen LogP contribution < -0.4 is 0 Å². The predicted molar refractivity (Wildman–Crippen MR) is 185 cm³/mol. The lowest BCUT2D eigenvalue weighted by Crippen LogP contribution is -2.16. The van der Waals surface area contributed by atoms with Gasteiger partial charge in [-0.05, 0) is 102 Å². The molecular weight excluding hydrogens is 676 g/mol. The van der Waals surface area contributed by atoms with Gasteiger partial charge in [0.25, 0.3) is 10.1 Å². The second-order valence-electron chi connectivity index (χ2n) is 11.1. The van der Waals surface area contributed by atoms with E-state index in [1.54, 1.807) is 6.92 Å². The van der Waals surface area contributed by atoms with Crippen LogP contribution in [0.25, 0.3) is 22.3 Å². The Morgan fingerprint density at radius 2 is 1.29 bits per heavy atom. The molecule has 0 fully saturated rings. The summed E-state index contributed by atoms with van der Waals surface area (Å²) in [5.74, 6) is 0. The highest BCUT2D eigenvalue weighted by Crippen LogP contribution is 2.50. The second kappa shape index (κ2) is 14.5. The molecule has 0 aliphatic heterocycles. The third-order valence-corrected chi connectivity index (χ3v) is 7.86. The maximum atomic E-state index is 10.3. The van der Waals surface area contributed by atoms with Crippen molar-refractivity contribution < 1.29 is 19.4 Å². The van der Waals surface area contributed by atoms with Gasteiger partial charge in [0.05, 0.1) is 11.9 Å². The zero-order valence-electron chi connectivity index (χ0n) is 26.6. The van der Waals surface area contributed by atoms with Crippen molar-refractivity contribution in [2.45, 2.75) is 66.4 Å². The van der Waals surface area contributed by atoms with Gasteiger partial charge in [-0.2, -0.15) is 8.42 Å². The highest BCUT2D eigenvalue weighted by Gasteiger charge is 2.36. The van der Waals surface area contributed by atoms with E-state index in [0.29, 0.717) is 13.2 Å². The van der Waals surface area contributed by atoms with Crippen LogP contribution in [0.5, 0.6) is 0 Å². The van der Waals surface area contributed by atoms with Crippen molar-refractivity contribution in [3.63, 3.8) is 0 Å². The van der Waals surface area contributed by atoms with Crippen molar-refractivity contribution in [1.29, 1.82) is 0 Å². The monoisotopic (exact) mass is 717 g/mol. The average Bonchev–Trinajstić information content (AvgIpc) is 3.10. The molecule has 7 heteroatoms. The Hall–Kier alpha value is -2.29. The van der Waals surface area contributed by atoms with Crippen molar-refractivity contribution in [2.75, 3.05) is 6.26 Å². The van der Waals surface area contributed by atoms with E-state index in [0.717, 1.165) is 21.2 Å². The van der Waals surface area contributed by atoms with Crippen molar-refractivity contribution in [1.82, 2.24) is 0 Å². The molecule has 5 rings (SSSR count). The molecule has 0 heterocycles. The van der Waals surface area contributed by atoms with E-state index in [1.165, 1.54) is 37.9 Å². The molecule has 2 N–H and O–H groups in total.